The van der Waals surface area contributed by atoms with Gasteiger partial charge in [0.15, 0.2) is 0 Å². The largest absolute Gasteiger partial charge is 0.458 e. The SMILES string of the molecule is c1ccc(N2C3=C(SCC3)B3c4cc5sc6nc7c(cc6c5cc4Oc4cccc2c43)Oc2cccc3c2B7C2=C(SCC2)N3c2ccccc2)cc1. The first-order valence-corrected chi connectivity index (χ1v) is 21.0. The third kappa shape index (κ3) is 3.96. The van der Waals surface area contributed by atoms with Gasteiger partial charge in [-0.05, 0) is 101 Å². The number of pyridine rings is 1. The van der Waals surface area contributed by atoms with Gasteiger partial charge in [-0.15, -0.1) is 34.9 Å². The molecule has 2 aromatic heterocycles. The number of thiophene rings is 1. The molecule has 0 bridgehead atoms. The zero-order valence-corrected chi connectivity index (χ0v) is 30.8. The fraction of sp³-hybridized carbons (Fsp3) is 0.0930. The second-order valence-corrected chi connectivity index (χ2v) is 17.6. The molecule has 0 aliphatic carbocycles. The van der Waals surface area contributed by atoms with Crippen molar-refractivity contribution >= 4 is 113 Å². The highest BCUT2D eigenvalue weighted by molar-refractivity contribution is 8.05. The maximum atomic E-state index is 6.87. The molecule has 6 aliphatic rings. The van der Waals surface area contributed by atoms with Crippen LogP contribution in [0.5, 0.6) is 23.0 Å². The van der Waals surface area contributed by atoms with Crippen LogP contribution in [-0.4, -0.2) is 29.9 Å². The number of rotatable bonds is 2. The minimum Gasteiger partial charge on any atom is -0.458 e. The van der Waals surface area contributed by atoms with Crippen molar-refractivity contribution in [1.29, 1.82) is 0 Å². The molecule has 0 saturated heterocycles. The monoisotopic (exact) mass is 735 g/mol. The molecule has 0 atom stereocenters. The molecule has 7 aromatic rings. The van der Waals surface area contributed by atoms with Crippen LogP contribution in [0, 0.1) is 0 Å². The van der Waals surface area contributed by atoms with Crippen LogP contribution in [0.3, 0.4) is 0 Å². The molecule has 10 heteroatoms. The van der Waals surface area contributed by atoms with Crippen molar-refractivity contribution in [3.63, 3.8) is 0 Å². The van der Waals surface area contributed by atoms with E-state index in [2.05, 4.69) is 125 Å². The van der Waals surface area contributed by atoms with E-state index in [4.69, 9.17) is 14.5 Å². The Balaban J connectivity index is 0.985. The third-order valence-electron chi connectivity index (χ3n) is 11.6. The maximum Gasteiger partial charge on any atom is 0.276 e. The minimum absolute atomic E-state index is 0.0773. The summed E-state index contributed by atoms with van der Waals surface area (Å²) >= 11 is 5.77. The molecule has 250 valence electrons. The van der Waals surface area contributed by atoms with Crippen LogP contribution in [0.2, 0.25) is 0 Å². The lowest BCUT2D eigenvalue weighted by Gasteiger charge is -2.39. The van der Waals surface area contributed by atoms with Gasteiger partial charge < -0.3 is 19.3 Å². The van der Waals surface area contributed by atoms with E-state index in [0.29, 0.717) is 0 Å². The van der Waals surface area contributed by atoms with E-state index in [1.807, 2.05) is 23.5 Å². The Kier molecular flexibility index (Phi) is 5.99. The second-order valence-electron chi connectivity index (χ2n) is 14.3. The molecule has 5 aromatic carbocycles. The average Bonchev–Trinajstić information content (AvgIpc) is 3.96. The topological polar surface area (TPSA) is 37.8 Å². The number of allylic oxidation sites excluding steroid dienone is 2. The fourth-order valence-corrected chi connectivity index (χ4v) is 13.2. The molecule has 0 radical (unpaired) electrons. The van der Waals surface area contributed by atoms with Crippen molar-refractivity contribution in [2.45, 2.75) is 12.8 Å². The first-order valence-electron chi connectivity index (χ1n) is 18.2. The summed E-state index contributed by atoms with van der Waals surface area (Å²) in [6.45, 7) is 0.230. The number of ether oxygens (including phenoxy) is 2. The number of aromatic nitrogens is 1. The summed E-state index contributed by atoms with van der Waals surface area (Å²) in [5.41, 5.74) is 12.5. The lowest BCUT2D eigenvalue weighted by atomic mass is 9.35. The zero-order valence-electron chi connectivity index (χ0n) is 28.3. The Hall–Kier alpha value is -5.02. The van der Waals surface area contributed by atoms with Crippen molar-refractivity contribution < 1.29 is 9.47 Å². The maximum absolute atomic E-state index is 6.87. The molecular formula is C43H27B2N3O2S3. The normalized spacial score (nSPS) is 17.4. The predicted molar refractivity (Wildman–Crippen MR) is 226 cm³/mol. The second kappa shape index (κ2) is 10.8. The molecule has 0 fully saturated rings. The Morgan fingerprint density at radius 3 is 2.08 bits per heavy atom. The summed E-state index contributed by atoms with van der Waals surface area (Å²) in [4.78, 5) is 13.0. The van der Waals surface area contributed by atoms with Crippen molar-refractivity contribution in [2.75, 3.05) is 21.3 Å². The number of thioether (sulfide) groups is 2. The number of para-hydroxylation sites is 2. The Bertz CT molecular complexity index is 2650. The molecule has 6 aliphatic heterocycles. The molecule has 0 saturated carbocycles. The van der Waals surface area contributed by atoms with Gasteiger partial charge in [0.25, 0.3) is 13.4 Å². The van der Waals surface area contributed by atoms with Crippen LogP contribution >= 0.6 is 34.9 Å². The molecule has 8 heterocycles. The molecule has 0 unspecified atom stereocenters. The Morgan fingerprint density at radius 1 is 0.604 bits per heavy atom. The average molecular weight is 736 g/mol. The van der Waals surface area contributed by atoms with E-state index in [1.54, 1.807) is 11.3 Å². The molecule has 5 nitrogen and oxygen atoms in total. The number of benzene rings is 5. The molecule has 0 amide bonds. The number of hydrogen-bond acceptors (Lipinski definition) is 8. The lowest BCUT2D eigenvalue weighted by molar-refractivity contribution is 0.486. The lowest BCUT2D eigenvalue weighted by Crippen LogP contribution is -2.53. The van der Waals surface area contributed by atoms with Crippen molar-refractivity contribution in [1.82, 2.24) is 4.98 Å². The van der Waals surface area contributed by atoms with Gasteiger partial charge in [0, 0.05) is 55.4 Å². The van der Waals surface area contributed by atoms with Crippen LogP contribution < -0.4 is 41.3 Å². The smallest absolute Gasteiger partial charge is 0.276 e. The summed E-state index contributed by atoms with van der Waals surface area (Å²) in [5, 5.41) is 3.64. The summed E-state index contributed by atoms with van der Waals surface area (Å²) in [5.74, 6) is 5.85. The van der Waals surface area contributed by atoms with E-state index in [-0.39, 0.29) is 13.4 Å². The van der Waals surface area contributed by atoms with Crippen molar-refractivity contribution in [3.05, 3.63) is 136 Å². The summed E-state index contributed by atoms with van der Waals surface area (Å²) in [6.07, 6.45) is 2.09. The van der Waals surface area contributed by atoms with Gasteiger partial charge in [0.05, 0.1) is 10.6 Å². The van der Waals surface area contributed by atoms with Crippen molar-refractivity contribution in [2.24, 2.45) is 0 Å². The van der Waals surface area contributed by atoms with Crippen LogP contribution in [0.15, 0.2) is 136 Å². The van der Waals surface area contributed by atoms with Crippen LogP contribution in [0.1, 0.15) is 12.8 Å². The molecular weight excluding hydrogens is 708 g/mol. The van der Waals surface area contributed by atoms with Gasteiger partial charge in [-0.25, -0.2) is 4.98 Å². The summed E-state index contributed by atoms with van der Waals surface area (Å²) in [7, 11) is 0. The van der Waals surface area contributed by atoms with Gasteiger partial charge in [-0.2, -0.15) is 0 Å². The molecule has 0 spiro atoms. The predicted octanol–water partition coefficient (Wildman–Crippen LogP) is 8.96. The van der Waals surface area contributed by atoms with Gasteiger partial charge in [0.1, 0.15) is 27.8 Å². The first-order chi connectivity index (χ1) is 26.3. The van der Waals surface area contributed by atoms with Crippen molar-refractivity contribution in [3.8, 4) is 23.0 Å². The standard InChI is InChI=1S/C43H27B2N3O2S3/c1-3-9-24(10-4-1)47-30-13-7-16-34-39(30)45(41-32(47)18-20-51-41)29-23-37-26(21-35(29)49-34)27-22-36-40(46-42(27)53-37)44-28-17-19-52-43(28)48(25-11-5-2-6-12-25)31-14-8-15-33(50-36)38(31)44/h1-16,21-23H,17-20H2. The Labute approximate surface area is 319 Å². The van der Waals surface area contributed by atoms with Gasteiger partial charge in [-0.3, -0.25) is 0 Å². The van der Waals surface area contributed by atoms with E-state index in [0.717, 1.165) is 63.2 Å². The number of hydrogen-bond donors (Lipinski definition) is 0. The van der Waals surface area contributed by atoms with Gasteiger partial charge >= 0.3 is 0 Å². The first kappa shape index (κ1) is 29.4. The van der Waals surface area contributed by atoms with Crippen LogP contribution in [-0.2, 0) is 0 Å². The van der Waals surface area contributed by atoms with E-state index < -0.39 is 0 Å². The number of fused-ring (bicyclic) bond motifs is 9. The summed E-state index contributed by atoms with van der Waals surface area (Å²) in [6, 6.07) is 41.5. The van der Waals surface area contributed by atoms with Gasteiger partial charge in [-0.1, -0.05) is 54.0 Å². The highest BCUT2D eigenvalue weighted by Crippen LogP contribution is 2.50. The quantitative estimate of drug-likeness (QED) is 0.164. The zero-order chi connectivity index (χ0) is 34.4. The van der Waals surface area contributed by atoms with E-state index in [1.165, 1.54) is 70.2 Å². The third-order valence-corrected chi connectivity index (χ3v) is 15.0. The summed E-state index contributed by atoms with van der Waals surface area (Å²) < 4.78 is 14.9. The molecule has 53 heavy (non-hydrogen) atoms. The highest BCUT2D eigenvalue weighted by atomic mass is 32.2. The van der Waals surface area contributed by atoms with Crippen LogP contribution in [0.25, 0.3) is 20.3 Å². The molecule has 13 rings (SSSR count). The molecule has 0 N–H and O–H groups in total. The number of nitrogens with zero attached hydrogens (tertiary/aromatic N) is 3. The minimum atomic E-state index is 0.0773. The number of anilines is 4. The fourth-order valence-electron chi connectivity index (χ4n) is 9.52. The Morgan fingerprint density at radius 2 is 1.28 bits per heavy atom. The van der Waals surface area contributed by atoms with Crippen LogP contribution in [0.4, 0.5) is 22.7 Å². The van der Waals surface area contributed by atoms with E-state index >= 15 is 0 Å². The highest BCUT2D eigenvalue weighted by Gasteiger charge is 2.47. The van der Waals surface area contributed by atoms with Gasteiger partial charge in [0.2, 0.25) is 0 Å². The van der Waals surface area contributed by atoms with E-state index in [9.17, 15) is 0 Å².